The molecule has 0 saturated carbocycles. The van der Waals surface area contributed by atoms with E-state index in [1.807, 2.05) is 30.3 Å². The van der Waals surface area contributed by atoms with Crippen molar-refractivity contribution in [2.24, 2.45) is 5.92 Å². The van der Waals surface area contributed by atoms with Crippen LogP contribution in [0.15, 0.2) is 46.9 Å². The first-order valence-corrected chi connectivity index (χ1v) is 12.6. The predicted molar refractivity (Wildman–Crippen MR) is 140 cm³/mol. The molecule has 2 aromatic rings. The van der Waals surface area contributed by atoms with Crippen LogP contribution < -0.4 is 14.8 Å². The lowest BCUT2D eigenvalue weighted by Gasteiger charge is -2.38. The molecule has 6 nitrogen and oxygen atoms in total. The van der Waals surface area contributed by atoms with Gasteiger partial charge >= 0.3 is 0 Å². The van der Waals surface area contributed by atoms with E-state index in [1.54, 1.807) is 17.0 Å². The Hall–Kier alpha value is -1.51. The van der Waals surface area contributed by atoms with Crippen LogP contribution in [0.4, 0.5) is 0 Å². The van der Waals surface area contributed by atoms with Gasteiger partial charge in [0.1, 0.15) is 23.7 Å². The van der Waals surface area contributed by atoms with Crippen molar-refractivity contribution < 1.29 is 19.4 Å². The van der Waals surface area contributed by atoms with Gasteiger partial charge in [-0.15, -0.1) is 12.4 Å². The summed E-state index contributed by atoms with van der Waals surface area (Å²) in [6, 6.07) is 12.7. The van der Waals surface area contributed by atoms with Crippen molar-refractivity contribution in [1.82, 2.24) is 10.2 Å². The minimum absolute atomic E-state index is 0. The molecule has 2 aromatic carbocycles. The number of nitrogens with one attached hydrogen (secondary N) is 1. The molecule has 2 aliphatic heterocycles. The molecule has 0 unspecified atom stereocenters. The number of carbonyl (C=O) groups is 1. The first kappa shape index (κ1) is 27.1. The summed E-state index contributed by atoms with van der Waals surface area (Å²) in [6.07, 6.45) is 3.19. The van der Waals surface area contributed by atoms with Gasteiger partial charge in [0.25, 0.3) is 5.91 Å². The summed E-state index contributed by atoms with van der Waals surface area (Å²) in [4.78, 5) is 14.7. The number of hydrogen-bond donors (Lipinski definition) is 2. The van der Waals surface area contributed by atoms with Crippen molar-refractivity contribution in [2.75, 3.05) is 39.4 Å². The van der Waals surface area contributed by atoms with E-state index >= 15 is 0 Å². The van der Waals surface area contributed by atoms with E-state index in [0.717, 1.165) is 36.2 Å². The summed E-state index contributed by atoms with van der Waals surface area (Å²) in [7, 11) is 0. The van der Waals surface area contributed by atoms with Crippen molar-refractivity contribution in [3.05, 3.63) is 57.5 Å². The molecular weight excluding hydrogens is 543 g/mol. The summed E-state index contributed by atoms with van der Waals surface area (Å²) in [5.74, 6) is 1.97. The first-order chi connectivity index (χ1) is 15.9. The highest BCUT2D eigenvalue weighted by atomic mass is 79.9. The number of rotatable bonds is 7. The third-order valence-corrected chi connectivity index (χ3v) is 7.66. The maximum atomic E-state index is 12.9. The number of piperidine rings is 2. The molecule has 2 fully saturated rings. The van der Waals surface area contributed by atoms with Crippen LogP contribution in [-0.4, -0.2) is 60.9 Å². The van der Waals surface area contributed by atoms with E-state index < -0.39 is 5.60 Å². The zero-order valence-electron chi connectivity index (χ0n) is 19.0. The Balaban J connectivity index is 0.00000324. The number of carbonyl (C=O) groups excluding carboxylic acids is 1. The Morgan fingerprint density at radius 1 is 1.09 bits per heavy atom. The molecule has 0 atom stereocenters. The third-order valence-electron chi connectivity index (χ3n) is 6.43. The summed E-state index contributed by atoms with van der Waals surface area (Å²) in [5, 5.41) is 14.8. The summed E-state index contributed by atoms with van der Waals surface area (Å²) in [5.41, 5.74) is -0.335. The van der Waals surface area contributed by atoms with Gasteiger partial charge in [0.15, 0.2) is 0 Å². The molecule has 34 heavy (non-hydrogen) atoms. The van der Waals surface area contributed by atoms with Gasteiger partial charge in [-0.05, 0) is 103 Å². The van der Waals surface area contributed by atoms with Gasteiger partial charge < -0.3 is 24.8 Å². The third kappa shape index (κ3) is 7.25. The number of amides is 1. The predicted octanol–water partition coefficient (Wildman–Crippen LogP) is 4.95. The average Bonchev–Trinajstić information content (AvgIpc) is 2.85. The van der Waals surface area contributed by atoms with Crippen molar-refractivity contribution in [3.8, 4) is 11.5 Å². The molecule has 0 aromatic heterocycles. The molecule has 4 rings (SSSR count). The highest BCUT2D eigenvalue weighted by molar-refractivity contribution is 9.10. The van der Waals surface area contributed by atoms with Gasteiger partial charge in [-0.1, -0.05) is 11.6 Å². The minimum atomic E-state index is -0.970. The molecule has 1 amide bonds. The van der Waals surface area contributed by atoms with Gasteiger partial charge in [-0.2, -0.15) is 0 Å². The zero-order valence-corrected chi connectivity index (χ0v) is 22.1. The molecule has 9 heteroatoms. The Morgan fingerprint density at radius 3 is 2.38 bits per heavy atom. The number of halogens is 3. The summed E-state index contributed by atoms with van der Waals surface area (Å²) in [6.45, 7) is 3.94. The van der Waals surface area contributed by atoms with E-state index in [4.69, 9.17) is 21.1 Å². The average molecular weight is 574 g/mol. The number of likely N-dealkylation sites (tertiary alicyclic amines) is 1. The smallest absolute Gasteiger partial charge is 0.253 e. The SMILES string of the molecule is Cl.O=C(c1ccc(OCC2CCNCC2)cc1)N1CCC(O)(COc2ccc(Br)c(Cl)c2)CC1. The van der Waals surface area contributed by atoms with Crippen LogP contribution in [0.2, 0.25) is 5.02 Å². The Labute approximate surface area is 220 Å². The molecule has 2 saturated heterocycles. The van der Waals surface area contributed by atoms with Gasteiger partial charge in [0.2, 0.25) is 0 Å². The maximum Gasteiger partial charge on any atom is 0.253 e. The van der Waals surface area contributed by atoms with E-state index in [1.165, 1.54) is 0 Å². The van der Waals surface area contributed by atoms with Gasteiger partial charge in [0, 0.05) is 23.1 Å². The van der Waals surface area contributed by atoms with Crippen LogP contribution in [-0.2, 0) is 0 Å². The van der Waals surface area contributed by atoms with Crippen molar-refractivity contribution in [2.45, 2.75) is 31.3 Å². The Morgan fingerprint density at radius 2 is 1.74 bits per heavy atom. The molecule has 2 N–H and O–H groups in total. The monoisotopic (exact) mass is 572 g/mol. The second-order valence-electron chi connectivity index (χ2n) is 8.91. The number of aliphatic hydroxyl groups is 1. The van der Waals surface area contributed by atoms with E-state index in [0.29, 0.717) is 54.8 Å². The van der Waals surface area contributed by atoms with Crippen LogP contribution in [0.25, 0.3) is 0 Å². The number of benzene rings is 2. The van der Waals surface area contributed by atoms with Crippen molar-refractivity contribution in [3.63, 3.8) is 0 Å². The lowest BCUT2D eigenvalue weighted by atomic mass is 9.92. The van der Waals surface area contributed by atoms with Crippen LogP contribution in [0, 0.1) is 5.92 Å². The Bertz CT molecular complexity index is 946. The topological polar surface area (TPSA) is 71.0 Å². The van der Waals surface area contributed by atoms with Crippen LogP contribution in [0.5, 0.6) is 11.5 Å². The largest absolute Gasteiger partial charge is 0.493 e. The fraction of sp³-hybridized carbons (Fsp3) is 0.480. The lowest BCUT2D eigenvalue weighted by molar-refractivity contribution is -0.0475. The summed E-state index contributed by atoms with van der Waals surface area (Å²) < 4.78 is 12.5. The zero-order chi connectivity index (χ0) is 23.3. The second kappa shape index (κ2) is 12.5. The standard InChI is InChI=1S/C25H30BrClN2O4.ClH/c26-22-6-5-21(15-23(22)27)33-17-25(31)9-13-29(14-10-25)24(30)19-1-3-20(4-2-19)32-16-18-7-11-28-12-8-18;/h1-6,15,18,28,31H,7-14,16-17H2;1H. The molecule has 0 radical (unpaired) electrons. The van der Waals surface area contributed by atoms with Crippen LogP contribution in [0.1, 0.15) is 36.0 Å². The van der Waals surface area contributed by atoms with E-state index in [-0.39, 0.29) is 24.9 Å². The highest BCUT2D eigenvalue weighted by Crippen LogP contribution is 2.29. The van der Waals surface area contributed by atoms with Gasteiger partial charge in [0.05, 0.1) is 11.6 Å². The number of nitrogens with zero attached hydrogens (tertiary/aromatic N) is 1. The normalized spacial score (nSPS) is 18.1. The molecule has 2 heterocycles. The van der Waals surface area contributed by atoms with E-state index in [2.05, 4.69) is 21.2 Å². The van der Waals surface area contributed by atoms with Gasteiger partial charge in [-0.25, -0.2) is 0 Å². The molecule has 0 aliphatic carbocycles. The Kier molecular flexibility index (Phi) is 9.92. The first-order valence-electron chi connectivity index (χ1n) is 11.4. The summed E-state index contributed by atoms with van der Waals surface area (Å²) >= 11 is 9.45. The molecule has 0 bridgehead atoms. The fourth-order valence-electron chi connectivity index (χ4n) is 4.19. The molecule has 0 spiro atoms. The highest BCUT2D eigenvalue weighted by Gasteiger charge is 2.35. The quantitative estimate of drug-likeness (QED) is 0.490. The van der Waals surface area contributed by atoms with E-state index in [9.17, 15) is 9.90 Å². The molecular formula is C25H31BrCl2N2O4. The lowest BCUT2D eigenvalue weighted by Crippen LogP contribution is -2.49. The minimum Gasteiger partial charge on any atom is -0.493 e. The van der Waals surface area contributed by atoms with Crippen molar-refractivity contribution in [1.29, 1.82) is 0 Å². The second-order valence-corrected chi connectivity index (χ2v) is 10.2. The van der Waals surface area contributed by atoms with Crippen LogP contribution in [0.3, 0.4) is 0 Å². The van der Waals surface area contributed by atoms with Crippen molar-refractivity contribution >= 4 is 45.8 Å². The van der Waals surface area contributed by atoms with Gasteiger partial charge in [-0.3, -0.25) is 4.79 Å². The molecule has 186 valence electrons. The number of hydrogen-bond acceptors (Lipinski definition) is 5. The maximum absolute atomic E-state index is 12.9. The molecule has 2 aliphatic rings. The number of ether oxygens (including phenoxy) is 2. The fourth-order valence-corrected chi connectivity index (χ4v) is 4.61. The van der Waals surface area contributed by atoms with Crippen LogP contribution >= 0.6 is 39.9 Å².